The van der Waals surface area contributed by atoms with Crippen LogP contribution in [0.25, 0.3) is 0 Å². The Morgan fingerprint density at radius 1 is 0.812 bits per heavy atom. The zero-order valence-corrected chi connectivity index (χ0v) is 16.6. The summed E-state index contributed by atoms with van der Waals surface area (Å²) in [6.45, 7) is 1.41. The van der Waals surface area contributed by atoms with Gasteiger partial charge in [-0.05, 0) is 48.5 Å². The van der Waals surface area contributed by atoms with Gasteiger partial charge in [0.15, 0.2) is 17.2 Å². The number of aromatic hydroxyl groups is 4. The Morgan fingerprint density at radius 3 is 1.88 bits per heavy atom. The summed E-state index contributed by atoms with van der Waals surface area (Å²) in [6.07, 6.45) is 0. The zero-order chi connectivity index (χ0) is 23.8. The van der Waals surface area contributed by atoms with Crippen LogP contribution in [0.3, 0.4) is 0 Å². The van der Waals surface area contributed by atoms with Crippen LogP contribution in [0.5, 0.6) is 28.7 Å². The van der Waals surface area contributed by atoms with E-state index in [-0.39, 0.29) is 22.8 Å². The van der Waals surface area contributed by atoms with E-state index in [9.17, 15) is 19.5 Å². The molecule has 0 radical (unpaired) electrons. The maximum atomic E-state index is 11.8. The fourth-order valence-electron chi connectivity index (χ4n) is 2.35. The Balaban J connectivity index is 0.000000258. The van der Waals surface area contributed by atoms with E-state index in [2.05, 4.69) is 5.32 Å². The Morgan fingerprint density at radius 2 is 1.38 bits per heavy atom. The van der Waals surface area contributed by atoms with Crippen LogP contribution >= 0.6 is 0 Å². The smallest absolute Gasteiger partial charge is 0.347 e. The summed E-state index contributed by atoms with van der Waals surface area (Å²) in [5, 5.41) is 47.1. The van der Waals surface area contributed by atoms with E-state index in [0.29, 0.717) is 11.4 Å². The van der Waals surface area contributed by atoms with Crippen molar-refractivity contribution in [3.05, 3.63) is 71.8 Å². The molecule has 0 saturated carbocycles. The molecule has 0 aromatic heterocycles. The number of phenols is 4. The van der Waals surface area contributed by atoms with Crippen LogP contribution in [0.2, 0.25) is 0 Å². The third-order valence-electron chi connectivity index (χ3n) is 3.83. The summed E-state index contributed by atoms with van der Waals surface area (Å²) in [6, 6.07) is 14.2. The van der Waals surface area contributed by atoms with Gasteiger partial charge in [-0.3, -0.25) is 4.79 Å². The largest absolute Gasteiger partial charge is 0.507 e. The first-order chi connectivity index (χ1) is 15.1. The average Bonchev–Trinajstić information content (AvgIpc) is 2.73. The molecule has 0 spiro atoms. The standard InChI is InChI=1S/C15H13NO4.C7H6O5/c1-10(17)16-11-6-8-12(9-7-11)20-15(19)13-4-2-3-5-14(13)18;8-4-1-3(7(11)12)2-5(9)6(4)10/h2-9,18H,1H3,(H,16,17);1-2,8-10H,(H,11,12). The number of carbonyl (C=O) groups is 3. The average molecular weight is 441 g/mol. The third kappa shape index (κ3) is 6.39. The molecule has 6 N–H and O–H groups in total. The molecule has 0 fully saturated rings. The number of amides is 1. The molecule has 166 valence electrons. The Hall–Kier alpha value is -4.73. The van der Waals surface area contributed by atoms with E-state index in [1.807, 2.05) is 0 Å². The summed E-state index contributed by atoms with van der Waals surface area (Å²) in [5.74, 6) is -3.96. The van der Waals surface area contributed by atoms with Crippen LogP contribution in [0.4, 0.5) is 5.69 Å². The number of hydrogen-bond acceptors (Lipinski definition) is 8. The summed E-state index contributed by atoms with van der Waals surface area (Å²) in [4.78, 5) is 33.0. The molecule has 0 aliphatic rings. The number of carbonyl (C=O) groups excluding carboxylic acids is 2. The summed E-state index contributed by atoms with van der Waals surface area (Å²) >= 11 is 0. The van der Waals surface area contributed by atoms with Crippen molar-refractivity contribution in [3.8, 4) is 28.7 Å². The van der Waals surface area contributed by atoms with Crippen LogP contribution in [0.1, 0.15) is 27.6 Å². The van der Waals surface area contributed by atoms with Crippen LogP contribution in [-0.2, 0) is 4.79 Å². The molecule has 0 bridgehead atoms. The predicted octanol–water partition coefficient (Wildman–Crippen LogP) is 3.07. The van der Waals surface area contributed by atoms with Gasteiger partial charge in [-0.2, -0.15) is 0 Å². The van der Waals surface area contributed by atoms with Gasteiger partial charge in [-0.1, -0.05) is 12.1 Å². The number of para-hydroxylation sites is 1. The van der Waals surface area contributed by atoms with Crippen molar-refractivity contribution in [2.45, 2.75) is 6.92 Å². The minimum atomic E-state index is -1.29. The minimum absolute atomic E-state index is 0.0958. The van der Waals surface area contributed by atoms with Crippen molar-refractivity contribution >= 4 is 23.5 Å². The SMILES string of the molecule is CC(=O)Nc1ccc(OC(=O)c2ccccc2O)cc1.O=C(O)c1cc(O)c(O)c(O)c1. The molecule has 0 atom stereocenters. The van der Waals surface area contributed by atoms with Gasteiger partial charge in [0.05, 0.1) is 5.56 Å². The number of esters is 1. The molecule has 0 saturated heterocycles. The summed E-state index contributed by atoms with van der Waals surface area (Å²) in [7, 11) is 0. The molecule has 0 unspecified atom stereocenters. The normalized spacial score (nSPS) is 9.78. The van der Waals surface area contributed by atoms with Crippen molar-refractivity contribution in [3.63, 3.8) is 0 Å². The Bertz CT molecular complexity index is 1120. The number of rotatable bonds is 4. The zero-order valence-electron chi connectivity index (χ0n) is 16.6. The predicted molar refractivity (Wildman–Crippen MR) is 112 cm³/mol. The van der Waals surface area contributed by atoms with E-state index < -0.39 is 29.2 Å². The molecule has 0 heterocycles. The lowest BCUT2D eigenvalue weighted by atomic mass is 10.2. The fourth-order valence-corrected chi connectivity index (χ4v) is 2.35. The van der Waals surface area contributed by atoms with E-state index in [1.165, 1.54) is 19.1 Å². The van der Waals surface area contributed by atoms with Crippen LogP contribution in [0.15, 0.2) is 60.7 Å². The monoisotopic (exact) mass is 441 g/mol. The highest BCUT2D eigenvalue weighted by Crippen LogP contribution is 2.35. The van der Waals surface area contributed by atoms with Crippen LogP contribution < -0.4 is 10.1 Å². The first kappa shape index (κ1) is 23.5. The maximum absolute atomic E-state index is 11.8. The molecule has 3 rings (SSSR count). The van der Waals surface area contributed by atoms with Crippen molar-refractivity contribution in [1.29, 1.82) is 0 Å². The van der Waals surface area contributed by atoms with Crippen molar-refractivity contribution < 1.29 is 44.7 Å². The van der Waals surface area contributed by atoms with Gasteiger partial charge in [-0.15, -0.1) is 0 Å². The lowest BCUT2D eigenvalue weighted by Gasteiger charge is -2.07. The minimum Gasteiger partial charge on any atom is -0.507 e. The molecule has 3 aromatic rings. The van der Waals surface area contributed by atoms with Gasteiger partial charge in [0, 0.05) is 12.6 Å². The van der Waals surface area contributed by atoms with E-state index in [4.69, 9.17) is 25.2 Å². The molecular formula is C22H19NO9. The molecule has 0 aliphatic carbocycles. The quantitative estimate of drug-likeness (QED) is 0.202. The topological polar surface area (TPSA) is 174 Å². The molecule has 32 heavy (non-hydrogen) atoms. The van der Waals surface area contributed by atoms with E-state index in [0.717, 1.165) is 12.1 Å². The molecular weight excluding hydrogens is 422 g/mol. The summed E-state index contributed by atoms with van der Waals surface area (Å²) < 4.78 is 5.13. The number of aromatic carboxylic acids is 1. The molecule has 1 amide bonds. The second-order valence-electron chi connectivity index (χ2n) is 6.28. The number of carboxylic acid groups (broad SMARTS) is 1. The van der Waals surface area contributed by atoms with E-state index in [1.54, 1.807) is 36.4 Å². The Kier molecular flexibility index (Phi) is 7.61. The lowest BCUT2D eigenvalue weighted by Crippen LogP contribution is -2.09. The number of benzene rings is 3. The van der Waals surface area contributed by atoms with Gasteiger partial charge in [0.1, 0.15) is 17.1 Å². The highest BCUT2D eigenvalue weighted by atomic mass is 16.5. The number of anilines is 1. The fraction of sp³-hybridized carbons (Fsp3) is 0.0455. The molecule has 10 nitrogen and oxygen atoms in total. The van der Waals surface area contributed by atoms with Crippen LogP contribution in [-0.4, -0.2) is 43.4 Å². The third-order valence-corrected chi connectivity index (χ3v) is 3.83. The molecule has 10 heteroatoms. The first-order valence-corrected chi connectivity index (χ1v) is 8.94. The lowest BCUT2D eigenvalue weighted by molar-refractivity contribution is -0.114. The van der Waals surface area contributed by atoms with Crippen molar-refractivity contribution in [2.75, 3.05) is 5.32 Å². The molecule has 3 aromatic carbocycles. The van der Waals surface area contributed by atoms with Gasteiger partial charge in [0.25, 0.3) is 0 Å². The van der Waals surface area contributed by atoms with Gasteiger partial charge in [-0.25, -0.2) is 9.59 Å². The number of nitrogens with one attached hydrogen (secondary N) is 1. The number of carboxylic acids is 1. The van der Waals surface area contributed by atoms with Crippen molar-refractivity contribution in [2.24, 2.45) is 0 Å². The van der Waals surface area contributed by atoms with E-state index >= 15 is 0 Å². The highest BCUT2D eigenvalue weighted by Gasteiger charge is 2.13. The Labute approximate surface area is 181 Å². The number of hydrogen-bond donors (Lipinski definition) is 6. The maximum Gasteiger partial charge on any atom is 0.347 e. The van der Waals surface area contributed by atoms with Gasteiger partial charge < -0.3 is 35.6 Å². The number of ether oxygens (including phenoxy) is 1. The summed E-state index contributed by atoms with van der Waals surface area (Å²) in [5.41, 5.74) is 0.418. The molecule has 0 aliphatic heterocycles. The highest BCUT2D eigenvalue weighted by molar-refractivity contribution is 5.94. The van der Waals surface area contributed by atoms with Gasteiger partial charge in [0.2, 0.25) is 5.91 Å². The van der Waals surface area contributed by atoms with Crippen LogP contribution in [0, 0.1) is 0 Å². The van der Waals surface area contributed by atoms with Crippen molar-refractivity contribution in [1.82, 2.24) is 0 Å². The number of phenolic OH excluding ortho intramolecular Hbond substituents is 4. The second kappa shape index (κ2) is 10.3. The second-order valence-corrected chi connectivity index (χ2v) is 6.28. The first-order valence-electron chi connectivity index (χ1n) is 8.94. The van der Waals surface area contributed by atoms with Gasteiger partial charge >= 0.3 is 11.9 Å².